The van der Waals surface area contributed by atoms with Crippen LogP contribution in [-0.4, -0.2) is 17.6 Å². The van der Waals surface area contributed by atoms with Crippen LogP contribution in [0, 0.1) is 0 Å². The van der Waals surface area contributed by atoms with E-state index in [1.165, 1.54) is 36.0 Å². The molecule has 146 valence electrons. The van der Waals surface area contributed by atoms with Crippen LogP contribution in [0.15, 0.2) is 30.5 Å². The summed E-state index contributed by atoms with van der Waals surface area (Å²) in [4.78, 5) is 19.1. The zero-order chi connectivity index (χ0) is 19.1. The van der Waals surface area contributed by atoms with Gasteiger partial charge in [0.1, 0.15) is 5.15 Å². The Bertz CT molecular complexity index is 924. The van der Waals surface area contributed by atoms with Crippen molar-refractivity contribution < 1.29 is 9.53 Å². The molecule has 6 heteroatoms. The van der Waals surface area contributed by atoms with Gasteiger partial charge in [0.05, 0.1) is 13.2 Å². The minimum absolute atomic E-state index is 0.0458. The monoisotopic (exact) mass is 397 g/mol. The van der Waals surface area contributed by atoms with Crippen LogP contribution in [0.25, 0.3) is 0 Å². The van der Waals surface area contributed by atoms with Crippen molar-refractivity contribution >= 4 is 23.3 Å². The summed E-state index contributed by atoms with van der Waals surface area (Å²) in [6, 6.07) is 7.86. The Kier molecular flexibility index (Phi) is 4.52. The van der Waals surface area contributed by atoms with E-state index < -0.39 is 0 Å². The van der Waals surface area contributed by atoms with Crippen LogP contribution < -0.4 is 10.2 Å². The molecule has 0 saturated heterocycles. The van der Waals surface area contributed by atoms with Crippen LogP contribution in [-0.2, 0) is 29.9 Å². The van der Waals surface area contributed by atoms with Crippen LogP contribution in [0.2, 0.25) is 5.15 Å². The highest BCUT2D eigenvalue weighted by atomic mass is 35.5. The Labute approximate surface area is 170 Å². The fourth-order valence-electron chi connectivity index (χ4n) is 5.17. The number of urea groups is 1. The Morgan fingerprint density at radius 2 is 2.07 bits per heavy atom. The lowest BCUT2D eigenvalue weighted by Crippen LogP contribution is -2.43. The molecule has 0 radical (unpaired) electrons. The number of fused-ring (bicyclic) bond motifs is 4. The Morgan fingerprint density at radius 3 is 2.89 bits per heavy atom. The highest BCUT2D eigenvalue weighted by molar-refractivity contribution is 6.29. The number of carbonyl (C=O) groups is 1. The quantitative estimate of drug-likeness (QED) is 0.747. The molecule has 1 aliphatic carbocycles. The van der Waals surface area contributed by atoms with Crippen molar-refractivity contribution in [2.45, 2.75) is 57.3 Å². The summed E-state index contributed by atoms with van der Waals surface area (Å²) in [6.45, 7) is 2.56. The van der Waals surface area contributed by atoms with Gasteiger partial charge in [-0.25, -0.2) is 9.78 Å². The minimum Gasteiger partial charge on any atom is -0.372 e. The molecular weight excluding hydrogens is 374 g/mol. The third-order valence-electron chi connectivity index (χ3n) is 6.46. The summed E-state index contributed by atoms with van der Waals surface area (Å²) in [5.41, 5.74) is 6.10. The lowest BCUT2D eigenvalue weighted by molar-refractivity contribution is 0.133. The Balaban J connectivity index is 1.44. The van der Waals surface area contributed by atoms with Gasteiger partial charge in [-0.2, -0.15) is 0 Å². The second-order valence-corrected chi connectivity index (χ2v) is 8.55. The van der Waals surface area contributed by atoms with E-state index in [9.17, 15) is 4.79 Å². The van der Waals surface area contributed by atoms with Gasteiger partial charge in [-0.15, -0.1) is 0 Å². The third kappa shape index (κ3) is 2.97. The van der Waals surface area contributed by atoms with Crippen LogP contribution in [0.4, 0.5) is 10.5 Å². The molecule has 2 amide bonds. The molecule has 2 aliphatic heterocycles. The summed E-state index contributed by atoms with van der Waals surface area (Å²) < 4.78 is 5.75. The third-order valence-corrected chi connectivity index (χ3v) is 6.67. The van der Waals surface area contributed by atoms with Crippen molar-refractivity contribution in [1.82, 2.24) is 10.3 Å². The molecule has 1 aromatic heterocycles. The van der Waals surface area contributed by atoms with E-state index in [4.69, 9.17) is 16.3 Å². The zero-order valence-electron chi connectivity index (χ0n) is 15.8. The number of ether oxygens (including phenoxy) is 1. The summed E-state index contributed by atoms with van der Waals surface area (Å²) in [5, 5.41) is 3.51. The number of carbonyl (C=O) groups excluding carboxylic acids is 1. The first-order valence-electron chi connectivity index (χ1n) is 10.1. The Hall–Kier alpha value is -2.11. The second kappa shape index (κ2) is 7.05. The number of aromatic nitrogens is 1. The number of hydrogen-bond donors (Lipinski definition) is 1. The molecule has 28 heavy (non-hydrogen) atoms. The van der Waals surface area contributed by atoms with Crippen LogP contribution >= 0.6 is 11.6 Å². The van der Waals surface area contributed by atoms with Gasteiger partial charge in [-0.05, 0) is 53.3 Å². The molecule has 2 aromatic rings. The molecule has 0 bridgehead atoms. The highest BCUT2D eigenvalue weighted by Crippen LogP contribution is 2.52. The van der Waals surface area contributed by atoms with E-state index in [2.05, 4.69) is 22.4 Å². The van der Waals surface area contributed by atoms with Crippen LogP contribution in [0.3, 0.4) is 0 Å². The molecule has 5 rings (SSSR count). The normalized spacial score (nSPS) is 19.5. The average molecular weight is 398 g/mol. The molecule has 1 saturated carbocycles. The first-order chi connectivity index (χ1) is 13.7. The number of rotatable bonds is 2. The van der Waals surface area contributed by atoms with Crippen molar-refractivity contribution in [2.75, 3.05) is 11.4 Å². The molecular formula is C22H24ClN3O2. The number of pyridine rings is 1. The number of amides is 2. The number of nitrogens with one attached hydrogen (secondary N) is 1. The van der Waals surface area contributed by atoms with Crippen LogP contribution in [0.1, 0.15) is 54.4 Å². The van der Waals surface area contributed by atoms with Gasteiger partial charge < -0.3 is 10.1 Å². The summed E-state index contributed by atoms with van der Waals surface area (Å²) in [5.74, 6) is 0. The largest absolute Gasteiger partial charge is 0.372 e. The Morgan fingerprint density at radius 1 is 1.21 bits per heavy atom. The number of benzene rings is 1. The maximum absolute atomic E-state index is 13.1. The molecule has 0 atom stereocenters. The second-order valence-electron chi connectivity index (χ2n) is 8.16. The molecule has 0 unspecified atom stereocenters. The van der Waals surface area contributed by atoms with Gasteiger partial charge in [0.2, 0.25) is 0 Å². The van der Waals surface area contributed by atoms with Gasteiger partial charge in [-0.1, -0.05) is 36.9 Å². The highest BCUT2D eigenvalue weighted by Gasteiger charge is 2.47. The predicted molar refractivity (Wildman–Crippen MR) is 109 cm³/mol. The number of hydrogen-bond acceptors (Lipinski definition) is 3. The molecule has 1 fully saturated rings. The van der Waals surface area contributed by atoms with Crippen LogP contribution in [0.5, 0.6) is 0 Å². The fourth-order valence-corrected chi connectivity index (χ4v) is 5.37. The lowest BCUT2D eigenvalue weighted by atomic mass is 9.69. The summed E-state index contributed by atoms with van der Waals surface area (Å²) >= 11 is 5.96. The SMILES string of the molecule is O=C(NCc1ccnc(Cl)c1)N1CC2(CCCCC2)c2c1ccc1c2COC1. The summed E-state index contributed by atoms with van der Waals surface area (Å²) in [7, 11) is 0. The molecule has 1 aromatic carbocycles. The molecule has 5 nitrogen and oxygen atoms in total. The number of halogens is 1. The number of nitrogens with zero attached hydrogens (tertiary/aromatic N) is 2. The average Bonchev–Trinajstić information content (AvgIpc) is 3.30. The van der Waals surface area contributed by atoms with Crippen molar-refractivity contribution in [3.8, 4) is 0 Å². The van der Waals surface area contributed by atoms with E-state index in [-0.39, 0.29) is 11.4 Å². The van der Waals surface area contributed by atoms with E-state index in [0.717, 1.165) is 30.6 Å². The minimum atomic E-state index is -0.0458. The molecule has 1 N–H and O–H groups in total. The fraction of sp³-hybridized carbons (Fsp3) is 0.455. The van der Waals surface area contributed by atoms with E-state index in [1.807, 2.05) is 11.0 Å². The van der Waals surface area contributed by atoms with Gasteiger partial charge in [0.15, 0.2) is 0 Å². The first kappa shape index (κ1) is 18.0. The van der Waals surface area contributed by atoms with Crippen molar-refractivity contribution in [2.24, 2.45) is 0 Å². The molecule has 3 aliphatic rings. The van der Waals surface area contributed by atoms with Crippen molar-refractivity contribution in [3.05, 3.63) is 57.9 Å². The molecule has 3 heterocycles. The van der Waals surface area contributed by atoms with Crippen molar-refractivity contribution in [3.63, 3.8) is 0 Å². The predicted octanol–water partition coefficient (Wildman–Crippen LogP) is 4.70. The van der Waals surface area contributed by atoms with Gasteiger partial charge in [0.25, 0.3) is 0 Å². The van der Waals surface area contributed by atoms with E-state index in [1.54, 1.807) is 12.3 Å². The smallest absolute Gasteiger partial charge is 0.322 e. The summed E-state index contributed by atoms with van der Waals surface area (Å²) in [6.07, 6.45) is 7.72. The topological polar surface area (TPSA) is 54.5 Å². The standard InChI is InChI=1S/C22H24ClN3O2/c23-19-10-15(6-9-24-19)11-25-21(27)26-14-22(7-2-1-3-8-22)20-17-13-28-12-16(17)4-5-18(20)26/h4-6,9-10H,1-3,7-8,11-14H2,(H,25,27). The van der Waals surface area contributed by atoms with Gasteiger partial charge >= 0.3 is 6.03 Å². The van der Waals surface area contributed by atoms with E-state index >= 15 is 0 Å². The first-order valence-corrected chi connectivity index (χ1v) is 10.4. The van der Waals surface area contributed by atoms with E-state index in [0.29, 0.717) is 24.9 Å². The van der Waals surface area contributed by atoms with Gasteiger partial charge in [-0.3, -0.25) is 4.90 Å². The molecule has 1 spiro atoms. The maximum Gasteiger partial charge on any atom is 0.322 e. The number of anilines is 1. The lowest BCUT2D eigenvalue weighted by Gasteiger charge is -2.35. The van der Waals surface area contributed by atoms with Gasteiger partial charge in [0, 0.05) is 30.4 Å². The zero-order valence-corrected chi connectivity index (χ0v) is 16.6. The maximum atomic E-state index is 13.1. The van der Waals surface area contributed by atoms with Crippen molar-refractivity contribution in [1.29, 1.82) is 0 Å².